The first-order chi connectivity index (χ1) is 14.3. The van der Waals surface area contributed by atoms with E-state index in [4.69, 9.17) is 0 Å². The summed E-state index contributed by atoms with van der Waals surface area (Å²) < 4.78 is 0. The van der Waals surface area contributed by atoms with Gasteiger partial charge in [0.15, 0.2) is 0 Å². The number of rotatable bonds is 7. The zero-order chi connectivity index (χ0) is 19.9. The van der Waals surface area contributed by atoms with Crippen molar-refractivity contribution in [1.82, 2.24) is 20.1 Å². The van der Waals surface area contributed by atoms with Crippen LogP contribution in [0.1, 0.15) is 29.3 Å². The van der Waals surface area contributed by atoms with Crippen LogP contribution >= 0.6 is 49.0 Å². The fourth-order valence-corrected chi connectivity index (χ4v) is 5.28. The van der Waals surface area contributed by atoms with Crippen molar-refractivity contribution in [2.75, 3.05) is 38.5 Å². The smallest absolute Gasteiger partial charge is 0.240 e. The first-order valence-corrected chi connectivity index (χ1v) is 11.7. The van der Waals surface area contributed by atoms with Gasteiger partial charge >= 0.3 is 0 Å². The predicted octanol–water partition coefficient (Wildman–Crippen LogP) is 4.22. The van der Waals surface area contributed by atoms with E-state index in [1.807, 2.05) is 17.2 Å². The van der Waals surface area contributed by atoms with Gasteiger partial charge in [-0.1, -0.05) is 36.4 Å². The standard InChI is InChI=1S/C23H30N4OS.3ClH/c28-23(21-18-29-22(25-21)20-10-6-11-24-17-20)27-15-13-26(14-16-27)12-5-4-9-19-7-2-1-3-8-19;;;/h1-3,6-8,10-11,17,21-22,25H,4-5,9,12-16,18H2;3*1H. The highest BCUT2D eigenvalue weighted by atomic mass is 35.5. The Hall–Kier alpha value is -1.02. The van der Waals surface area contributed by atoms with E-state index in [1.165, 1.54) is 18.4 Å². The summed E-state index contributed by atoms with van der Waals surface area (Å²) in [6, 6.07) is 14.7. The molecule has 2 fully saturated rings. The number of hydrogen-bond acceptors (Lipinski definition) is 5. The van der Waals surface area contributed by atoms with Crippen LogP contribution in [0.2, 0.25) is 0 Å². The molecule has 32 heavy (non-hydrogen) atoms. The molecule has 0 aliphatic carbocycles. The van der Waals surface area contributed by atoms with Crippen LogP contribution < -0.4 is 5.32 Å². The Kier molecular flexibility index (Phi) is 13.6. The normalized spacial score (nSPS) is 20.6. The molecule has 2 aliphatic rings. The average molecular weight is 520 g/mol. The number of piperazine rings is 1. The van der Waals surface area contributed by atoms with Crippen LogP contribution in [0.15, 0.2) is 54.9 Å². The largest absolute Gasteiger partial charge is 0.339 e. The maximum atomic E-state index is 12.9. The molecule has 1 N–H and O–H groups in total. The number of hydrogen-bond donors (Lipinski definition) is 1. The topological polar surface area (TPSA) is 48.5 Å². The van der Waals surface area contributed by atoms with Gasteiger partial charge in [0.1, 0.15) is 0 Å². The molecule has 2 unspecified atom stereocenters. The van der Waals surface area contributed by atoms with E-state index in [1.54, 1.807) is 18.0 Å². The van der Waals surface area contributed by atoms with Crippen LogP contribution in [0.25, 0.3) is 0 Å². The minimum Gasteiger partial charge on any atom is -0.339 e. The highest BCUT2D eigenvalue weighted by molar-refractivity contribution is 7.99. The highest BCUT2D eigenvalue weighted by Gasteiger charge is 2.34. The minimum atomic E-state index is -0.0809. The van der Waals surface area contributed by atoms with Gasteiger partial charge in [0, 0.05) is 44.3 Å². The molecule has 2 saturated heterocycles. The summed E-state index contributed by atoms with van der Waals surface area (Å²) in [6.45, 7) is 4.80. The maximum Gasteiger partial charge on any atom is 0.240 e. The summed E-state index contributed by atoms with van der Waals surface area (Å²) in [5.74, 6) is 1.09. The van der Waals surface area contributed by atoms with Crippen molar-refractivity contribution in [3.63, 3.8) is 0 Å². The Morgan fingerprint density at radius 3 is 2.44 bits per heavy atom. The van der Waals surface area contributed by atoms with E-state index < -0.39 is 0 Å². The molecular formula is C23H33Cl3N4OS. The molecular weight excluding hydrogens is 487 g/mol. The number of aryl methyl sites for hydroxylation is 1. The number of nitrogens with one attached hydrogen (secondary N) is 1. The Morgan fingerprint density at radius 1 is 1.00 bits per heavy atom. The first-order valence-electron chi connectivity index (χ1n) is 10.6. The van der Waals surface area contributed by atoms with Crippen LogP contribution in [0, 0.1) is 0 Å². The third kappa shape index (κ3) is 8.08. The van der Waals surface area contributed by atoms with Crippen molar-refractivity contribution in [3.05, 3.63) is 66.0 Å². The third-order valence-electron chi connectivity index (χ3n) is 5.78. The van der Waals surface area contributed by atoms with Crippen molar-refractivity contribution in [2.24, 2.45) is 0 Å². The fraction of sp³-hybridized carbons (Fsp3) is 0.478. The second kappa shape index (κ2) is 15.0. The van der Waals surface area contributed by atoms with Crippen molar-refractivity contribution >= 4 is 54.9 Å². The van der Waals surface area contributed by atoms with Crippen LogP contribution in [0.4, 0.5) is 0 Å². The van der Waals surface area contributed by atoms with Crippen molar-refractivity contribution in [2.45, 2.75) is 30.7 Å². The highest BCUT2D eigenvalue weighted by Crippen LogP contribution is 2.32. The maximum absolute atomic E-state index is 12.9. The summed E-state index contributed by atoms with van der Waals surface area (Å²) in [7, 11) is 0. The lowest BCUT2D eigenvalue weighted by molar-refractivity contribution is -0.134. The van der Waals surface area contributed by atoms with Gasteiger partial charge in [-0.15, -0.1) is 49.0 Å². The molecule has 2 aromatic rings. The van der Waals surface area contributed by atoms with Crippen LogP contribution in [-0.4, -0.2) is 65.2 Å². The summed E-state index contributed by atoms with van der Waals surface area (Å²) >= 11 is 1.80. The number of thioether (sulfide) groups is 1. The van der Waals surface area contributed by atoms with Crippen molar-refractivity contribution in [3.8, 4) is 0 Å². The second-order valence-electron chi connectivity index (χ2n) is 7.83. The lowest BCUT2D eigenvalue weighted by atomic mass is 10.1. The van der Waals surface area contributed by atoms with Gasteiger partial charge in [-0.2, -0.15) is 0 Å². The first kappa shape index (κ1) is 29.0. The molecule has 0 saturated carbocycles. The Labute approximate surface area is 214 Å². The fourth-order valence-electron chi connectivity index (χ4n) is 4.06. The summed E-state index contributed by atoms with van der Waals surface area (Å²) in [6.07, 6.45) is 7.27. The van der Waals surface area contributed by atoms with Crippen LogP contribution in [0.5, 0.6) is 0 Å². The number of unbranched alkanes of at least 4 members (excludes halogenated alkanes) is 1. The lowest BCUT2D eigenvalue weighted by Crippen LogP contribution is -2.53. The zero-order valence-electron chi connectivity index (χ0n) is 18.1. The molecule has 4 rings (SSSR count). The van der Waals surface area contributed by atoms with Gasteiger partial charge in [-0.05, 0) is 43.0 Å². The van der Waals surface area contributed by atoms with E-state index in [0.717, 1.165) is 50.5 Å². The molecule has 1 amide bonds. The molecule has 1 aromatic carbocycles. The lowest BCUT2D eigenvalue weighted by Gasteiger charge is -2.36. The molecule has 2 aliphatic heterocycles. The SMILES string of the molecule is Cl.Cl.Cl.O=C(C1CSC(c2cccnc2)N1)N1CCN(CCCCc2ccccc2)CC1. The van der Waals surface area contributed by atoms with Crippen molar-refractivity contribution in [1.29, 1.82) is 0 Å². The molecule has 0 radical (unpaired) electrons. The Balaban J connectivity index is 0.00000171. The Bertz CT molecular complexity index is 779. The van der Waals surface area contributed by atoms with Gasteiger partial charge in [0.2, 0.25) is 5.91 Å². The monoisotopic (exact) mass is 518 g/mol. The van der Waals surface area contributed by atoms with E-state index in [0.29, 0.717) is 0 Å². The van der Waals surface area contributed by atoms with E-state index in [2.05, 4.69) is 51.6 Å². The van der Waals surface area contributed by atoms with Crippen molar-refractivity contribution < 1.29 is 4.79 Å². The number of nitrogens with zero attached hydrogens (tertiary/aromatic N) is 3. The second-order valence-corrected chi connectivity index (χ2v) is 8.97. The molecule has 1 aromatic heterocycles. The average Bonchev–Trinajstić information content (AvgIpc) is 3.28. The molecule has 0 bridgehead atoms. The van der Waals surface area contributed by atoms with Gasteiger partial charge in [0.05, 0.1) is 11.4 Å². The number of halogens is 3. The number of pyridine rings is 1. The number of benzene rings is 1. The molecule has 2 atom stereocenters. The summed E-state index contributed by atoms with van der Waals surface area (Å²) in [4.78, 5) is 21.7. The van der Waals surface area contributed by atoms with E-state index in [9.17, 15) is 4.79 Å². The number of carbonyl (C=O) groups excluding carboxylic acids is 1. The van der Waals surface area contributed by atoms with Gasteiger partial charge in [-0.3, -0.25) is 20.0 Å². The number of carbonyl (C=O) groups is 1. The molecule has 9 heteroatoms. The van der Waals surface area contributed by atoms with Gasteiger partial charge in [0.25, 0.3) is 0 Å². The zero-order valence-corrected chi connectivity index (χ0v) is 21.4. The molecule has 3 heterocycles. The summed E-state index contributed by atoms with van der Waals surface area (Å²) in [5, 5.41) is 3.66. The number of aromatic nitrogens is 1. The quantitative estimate of drug-likeness (QED) is 0.555. The number of amides is 1. The third-order valence-corrected chi connectivity index (χ3v) is 7.05. The Morgan fingerprint density at radius 2 is 1.75 bits per heavy atom. The van der Waals surface area contributed by atoms with Gasteiger partial charge < -0.3 is 4.90 Å². The minimum absolute atomic E-state index is 0. The molecule has 178 valence electrons. The van der Waals surface area contributed by atoms with Crippen LogP contribution in [0.3, 0.4) is 0 Å². The van der Waals surface area contributed by atoms with E-state index in [-0.39, 0.29) is 54.5 Å². The van der Waals surface area contributed by atoms with E-state index >= 15 is 0 Å². The van der Waals surface area contributed by atoms with Crippen LogP contribution in [-0.2, 0) is 11.2 Å². The molecule has 5 nitrogen and oxygen atoms in total. The predicted molar refractivity (Wildman–Crippen MR) is 141 cm³/mol. The summed E-state index contributed by atoms with van der Waals surface area (Å²) in [5.41, 5.74) is 2.57. The molecule has 0 spiro atoms. The van der Waals surface area contributed by atoms with Gasteiger partial charge in [-0.25, -0.2) is 0 Å².